The zero-order valence-corrected chi connectivity index (χ0v) is 19.5. The third-order valence-electron chi connectivity index (χ3n) is 5.54. The number of hydrogen-bond donors (Lipinski definition) is 1. The minimum absolute atomic E-state index is 0.0346. The van der Waals surface area contributed by atoms with Gasteiger partial charge in [0.25, 0.3) is 11.7 Å². The third kappa shape index (κ3) is 3.71. The molecular formula is C26H22BrNO4. The second-order valence-electron chi connectivity index (χ2n) is 7.72. The third-order valence-corrected chi connectivity index (χ3v) is 6.07. The van der Waals surface area contributed by atoms with Crippen molar-refractivity contribution in [1.82, 2.24) is 0 Å². The maximum Gasteiger partial charge on any atom is 0.300 e. The van der Waals surface area contributed by atoms with Crippen LogP contribution in [0.5, 0.6) is 5.75 Å². The topological polar surface area (TPSA) is 66.8 Å². The molecular weight excluding hydrogens is 470 g/mol. The van der Waals surface area contributed by atoms with E-state index < -0.39 is 17.7 Å². The van der Waals surface area contributed by atoms with Gasteiger partial charge in [0.1, 0.15) is 11.5 Å². The second kappa shape index (κ2) is 8.63. The summed E-state index contributed by atoms with van der Waals surface area (Å²) in [6.07, 6.45) is 0. The molecule has 0 spiro atoms. The van der Waals surface area contributed by atoms with Gasteiger partial charge in [-0.3, -0.25) is 14.5 Å². The molecule has 0 aromatic heterocycles. The monoisotopic (exact) mass is 491 g/mol. The van der Waals surface area contributed by atoms with Gasteiger partial charge >= 0.3 is 0 Å². The van der Waals surface area contributed by atoms with Gasteiger partial charge in [-0.2, -0.15) is 0 Å². The Morgan fingerprint density at radius 2 is 1.66 bits per heavy atom. The van der Waals surface area contributed by atoms with Crippen LogP contribution in [0.2, 0.25) is 0 Å². The van der Waals surface area contributed by atoms with Gasteiger partial charge in [0.2, 0.25) is 0 Å². The molecule has 162 valence electrons. The number of anilines is 1. The molecule has 1 atom stereocenters. The van der Waals surface area contributed by atoms with E-state index in [1.54, 1.807) is 18.2 Å². The van der Waals surface area contributed by atoms with Crippen molar-refractivity contribution in [3.05, 3.63) is 99.0 Å². The average molecular weight is 492 g/mol. The molecule has 3 aromatic carbocycles. The number of carbonyl (C=O) groups is 2. The largest absolute Gasteiger partial charge is 0.507 e. The molecule has 1 unspecified atom stereocenters. The lowest BCUT2D eigenvalue weighted by Crippen LogP contribution is -2.29. The molecule has 1 aliphatic heterocycles. The number of aliphatic hydroxyl groups is 1. The highest BCUT2D eigenvalue weighted by Crippen LogP contribution is 2.43. The highest BCUT2D eigenvalue weighted by molar-refractivity contribution is 9.10. The van der Waals surface area contributed by atoms with Crippen molar-refractivity contribution in [2.24, 2.45) is 0 Å². The van der Waals surface area contributed by atoms with E-state index in [4.69, 9.17) is 4.74 Å². The van der Waals surface area contributed by atoms with E-state index in [1.807, 2.05) is 62.4 Å². The van der Waals surface area contributed by atoms with Crippen LogP contribution in [0, 0.1) is 13.8 Å². The first kappa shape index (κ1) is 21.8. The summed E-state index contributed by atoms with van der Waals surface area (Å²) in [4.78, 5) is 27.9. The molecule has 1 saturated heterocycles. The normalized spacial score (nSPS) is 17.6. The van der Waals surface area contributed by atoms with Gasteiger partial charge in [0.15, 0.2) is 0 Å². The fraction of sp³-hybridized carbons (Fsp3) is 0.154. The summed E-state index contributed by atoms with van der Waals surface area (Å²) in [5.74, 6) is -1.21. The first-order valence-corrected chi connectivity index (χ1v) is 10.9. The molecule has 0 radical (unpaired) electrons. The zero-order valence-electron chi connectivity index (χ0n) is 17.9. The van der Waals surface area contributed by atoms with Crippen LogP contribution < -0.4 is 9.64 Å². The summed E-state index contributed by atoms with van der Waals surface area (Å²) in [5.41, 5.74) is 3.44. The van der Waals surface area contributed by atoms with E-state index in [1.165, 1.54) is 12.0 Å². The second-order valence-corrected chi connectivity index (χ2v) is 8.63. The molecule has 1 fully saturated rings. The fourth-order valence-corrected chi connectivity index (χ4v) is 4.46. The number of methoxy groups -OCH3 is 1. The van der Waals surface area contributed by atoms with Crippen LogP contribution in [0.3, 0.4) is 0 Å². The lowest BCUT2D eigenvalue weighted by molar-refractivity contribution is -0.132. The van der Waals surface area contributed by atoms with E-state index in [-0.39, 0.29) is 11.3 Å². The quantitative estimate of drug-likeness (QED) is 0.288. The van der Waals surface area contributed by atoms with Crippen molar-refractivity contribution < 1.29 is 19.4 Å². The number of aliphatic hydroxyl groups excluding tert-OH is 1. The Labute approximate surface area is 195 Å². The van der Waals surface area contributed by atoms with Crippen LogP contribution >= 0.6 is 15.9 Å². The van der Waals surface area contributed by atoms with E-state index in [0.717, 1.165) is 21.2 Å². The number of nitrogens with zero attached hydrogens (tertiary/aromatic N) is 1. The summed E-state index contributed by atoms with van der Waals surface area (Å²) < 4.78 is 6.39. The number of rotatable bonds is 4. The Hall–Kier alpha value is -3.38. The lowest BCUT2D eigenvalue weighted by Gasteiger charge is -2.25. The van der Waals surface area contributed by atoms with Crippen molar-refractivity contribution in [2.45, 2.75) is 19.9 Å². The standard InChI is InChI=1S/C26H22BrNO4/c1-15-13-16(2)25(32-3)20(14-15)23(29)21-22(17-7-5-4-6-8-17)28(26(31)24(21)30)19-11-9-18(27)10-12-19/h4-14,22,29H,1-3H3/b23-21+. The molecule has 1 amide bonds. The van der Waals surface area contributed by atoms with Crippen LogP contribution in [-0.2, 0) is 9.59 Å². The van der Waals surface area contributed by atoms with Gasteiger partial charge in [-0.25, -0.2) is 0 Å². The van der Waals surface area contributed by atoms with Gasteiger partial charge in [0.05, 0.1) is 24.3 Å². The maximum absolute atomic E-state index is 13.3. The lowest BCUT2D eigenvalue weighted by atomic mass is 9.93. The number of halogens is 1. The number of aryl methyl sites for hydroxylation is 2. The number of Topliss-reactive ketones (excluding diaryl/α,β-unsaturated/α-hetero) is 1. The Balaban J connectivity index is 1.99. The molecule has 6 heteroatoms. The number of hydrogen-bond acceptors (Lipinski definition) is 4. The molecule has 0 bridgehead atoms. The van der Waals surface area contributed by atoms with Gasteiger partial charge in [-0.05, 0) is 60.9 Å². The molecule has 32 heavy (non-hydrogen) atoms. The molecule has 3 aromatic rings. The molecule has 5 nitrogen and oxygen atoms in total. The summed E-state index contributed by atoms with van der Waals surface area (Å²) in [5, 5.41) is 11.4. The van der Waals surface area contributed by atoms with Crippen molar-refractivity contribution in [3.63, 3.8) is 0 Å². The highest BCUT2D eigenvalue weighted by atomic mass is 79.9. The van der Waals surface area contributed by atoms with Crippen LogP contribution in [0.4, 0.5) is 5.69 Å². The molecule has 1 N–H and O–H groups in total. The summed E-state index contributed by atoms with van der Waals surface area (Å²) in [6.45, 7) is 3.77. The molecule has 1 heterocycles. The van der Waals surface area contributed by atoms with Gasteiger partial charge in [0, 0.05) is 10.2 Å². The zero-order chi connectivity index (χ0) is 23.0. The molecule has 1 aliphatic rings. The number of ether oxygens (including phenoxy) is 1. The number of benzene rings is 3. The van der Waals surface area contributed by atoms with E-state index in [0.29, 0.717) is 17.0 Å². The molecule has 0 saturated carbocycles. The highest BCUT2D eigenvalue weighted by Gasteiger charge is 2.47. The van der Waals surface area contributed by atoms with Crippen molar-refractivity contribution >= 4 is 39.1 Å². The first-order valence-electron chi connectivity index (χ1n) is 10.1. The Morgan fingerprint density at radius 1 is 1.00 bits per heavy atom. The number of carbonyl (C=O) groups excluding carboxylic acids is 2. The number of amides is 1. The Kier molecular flexibility index (Phi) is 5.89. The minimum Gasteiger partial charge on any atom is -0.507 e. The van der Waals surface area contributed by atoms with Crippen LogP contribution in [-0.4, -0.2) is 23.9 Å². The minimum atomic E-state index is -0.775. The van der Waals surface area contributed by atoms with Crippen LogP contribution in [0.15, 0.2) is 76.8 Å². The predicted octanol–water partition coefficient (Wildman–Crippen LogP) is 5.70. The SMILES string of the molecule is COc1c(C)cc(C)cc1/C(O)=C1\C(=O)C(=O)N(c2ccc(Br)cc2)C1c1ccccc1. The smallest absolute Gasteiger partial charge is 0.300 e. The van der Waals surface area contributed by atoms with Crippen molar-refractivity contribution in [1.29, 1.82) is 0 Å². The summed E-state index contributed by atoms with van der Waals surface area (Å²) in [7, 11) is 1.52. The predicted molar refractivity (Wildman–Crippen MR) is 128 cm³/mol. The van der Waals surface area contributed by atoms with E-state index in [9.17, 15) is 14.7 Å². The van der Waals surface area contributed by atoms with Crippen molar-refractivity contribution in [2.75, 3.05) is 12.0 Å². The Bertz CT molecular complexity index is 1230. The van der Waals surface area contributed by atoms with Crippen LogP contribution in [0.25, 0.3) is 5.76 Å². The molecule has 4 rings (SSSR count). The van der Waals surface area contributed by atoms with E-state index >= 15 is 0 Å². The Morgan fingerprint density at radius 3 is 2.28 bits per heavy atom. The van der Waals surface area contributed by atoms with Crippen LogP contribution in [0.1, 0.15) is 28.3 Å². The molecule has 0 aliphatic carbocycles. The average Bonchev–Trinajstić information content (AvgIpc) is 3.04. The summed E-state index contributed by atoms with van der Waals surface area (Å²) in [6, 6.07) is 19.3. The first-order chi connectivity index (χ1) is 15.3. The van der Waals surface area contributed by atoms with Gasteiger partial charge in [-0.15, -0.1) is 0 Å². The fourth-order valence-electron chi connectivity index (χ4n) is 4.20. The van der Waals surface area contributed by atoms with Gasteiger partial charge in [-0.1, -0.05) is 52.3 Å². The number of ketones is 1. The maximum atomic E-state index is 13.3. The van der Waals surface area contributed by atoms with Gasteiger partial charge < -0.3 is 9.84 Å². The summed E-state index contributed by atoms with van der Waals surface area (Å²) >= 11 is 3.40. The van der Waals surface area contributed by atoms with E-state index in [2.05, 4.69) is 15.9 Å². The van der Waals surface area contributed by atoms with Crippen molar-refractivity contribution in [3.8, 4) is 5.75 Å².